The average Bonchev–Trinajstić information content (AvgIpc) is 2.36. The highest BCUT2D eigenvalue weighted by Gasteiger charge is 2.08. The smallest absolute Gasteiger partial charge is 0.307 e. The van der Waals surface area contributed by atoms with Gasteiger partial charge in [-0.25, -0.2) is 4.98 Å². The summed E-state index contributed by atoms with van der Waals surface area (Å²) in [6, 6.07) is 8.78. The molecule has 0 fully saturated rings. The van der Waals surface area contributed by atoms with Gasteiger partial charge in [0.2, 0.25) is 5.88 Å². The zero-order chi connectivity index (χ0) is 13.1. The van der Waals surface area contributed by atoms with Gasteiger partial charge in [-0.3, -0.25) is 4.79 Å². The van der Waals surface area contributed by atoms with Crippen LogP contribution < -0.4 is 4.74 Å². The van der Waals surface area contributed by atoms with E-state index in [9.17, 15) is 4.79 Å². The zero-order valence-electron chi connectivity index (χ0n) is 9.67. The first kappa shape index (κ1) is 11.9. The number of aromatic nitrogens is 1. The van der Waals surface area contributed by atoms with Crippen LogP contribution in [0.5, 0.6) is 5.88 Å². The maximum Gasteiger partial charge on any atom is 0.307 e. The van der Waals surface area contributed by atoms with Gasteiger partial charge in [-0.15, -0.1) is 0 Å². The lowest BCUT2D eigenvalue weighted by Gasteiger charge is -2.05. The molecule has 0 amide bonds. The van der Waals surface area contributed by atoms with Crippen LogP contribution in [0.25, 0.3) is 10.9 Å². The minimum Gasteiger partial charge on any atom is -0.481 e. The molecule has 1 N–H and O–H groups in total. The van der Waals surface area contributed by atoms with Crippen molar-refractivity contribution >= 4 is 16.9 Å². The molecule has 5 nitrogen and oxygen atoms in total. The molecule has 0 saturated carbocycles. The maximum atomic E-state index is 10.6. The van der Waals surface area contributed by atoms with Crippen LogP contribution in [0.2, 0.25) is 0 Å². The summed E-state index contributed by atoms with van der Waals surface area (Å²) >= 11 is 0. The van der Waals surface area contributed by atoms with E-state index in [1.165, 1.54) is 7.11 Å². The van der Waals surface area contributed by atoms with Crippen LogP contribution >= 0.6 is 0 Å². The number of carboxylic acids is 1. The molecule has 0 aliphatic heterocycles. The summed E-state index contributed by atoms with van der Waals surface area (Å²) < 4.78 is 5.01. The highest BCUT2D eigenvalue weighted by Crippen LogP contribution is 2.22. The number of nitriles is 1. The Kier molecular flexibility index (Phi) is 3.11. The Balaban J connectivity index is 2.57. The van der Waals surface area contributed by atoms with Gasteiger partial charge >= 0.3 is 5.97 Å². The quantitative estimate of drug-likeness (QED) is 0.886. The molecule has 0 bridgehead atoms. The standard InChI is InChI=1S/C13H10N2O3/c1-18-13-10(7-14)6-9-4-8(5-12(16)17)2-3-11(9)15-13/h2-4,6H,5H2,1H3,(H,16,17). The topological polar surface area (TPSA) is 83.2 Å². The van der Waals surface area contributed by atoms with E-state index in [1.54, 1.807) is 24.3 Å². The maximum absolute atomic E-state index is 10.6. The Morgan fingerprint density at radius 1 is 1.50 bits per heavy atom. The molecular formula is C13H10N2O3. The van der Waals surface area contributed by atoms with Crippen LogP contribution in [0.4, 0.5) is 0 Å². The first-order valence-electron chi connectivity index (χ1n) is 5.23. The molecule has 0 unspecified atom stereocenters. The van der Waals surface area contributed by atoms with Gasteiger partial charge in [0.1, 0.15) is 11.6 Å². The third-order valence-electron chi connectivity index (χ3n) is 2.51. The molecule has 18 heavy (non-hydrogen) atoms. The summed E-state index contributed by atoms with van der Waals surface area (Å²) in [5.41, 5.74) is 1.67. The van der Waals surface area contributed by atoms with Crippen molar-refractivity contribution in [2.45, 2.75) is 6.42 Å². The number of nitrogens with zero attached hydrogens (tertiary/aromatic N) is 2. The second-order valence-electron chi connectivity index (χ2n) is 3.75. The molecule has 0 saturated heterocycles. The number of ether oxygens (including phenoxy) is 1. The summed E-state index contributed by atoms with van der Waals surface area (Å²) in [6.07, 6.45) is -0.0517. The Bertz CT molecular complexity index is 659. The first-order valence-corrected chi connectivity index (χ1v) is 5.23. The van der Waals surface area contributed by atoms with Crippen molar-refractivity contribution in [1.82, 2.24) is 4.98 Å². The predicted molar refractivity (Wildman–Crippen MR) is 64.3 cm³/mol. The van der Waals surface area contributed by atoms with Crippen molar-refractivity contribution < 1.29 is 14.6 Å². The fourth-order valence-corrected chi connectivity index (χ4v) is 1.73. The van der Waals surface area contributed by atoms with Crippen LogP contribution in [0.15, 0.2) is 24.3 Å². The third-order valence-corrected chi connectivity index (χ3v) is 2.51. The molecule has 1 aromatic heterocycles. The molecule has 1 heterocycles. The minimum atomic E-state index is -0.892. The molecule has 1 aromatic carbocycles. The second kappa shape index (κ2) is 4.72. The summed E-state index contributed by atoms with van der Waals surface area (Å²) in [7, 11) is 1.45. The number of hydrogen-bond donors (Lipinski definition) is 1. The highest BCUT2D eigenvalue weighted by atomic mass is 16.5. The van der Waals surface area contributed by atoms with Gasteiger partial charge in [-0.1, -0.05) is 6.07 Å². The van der Waals surface area contributed by atoms with Gasteiger partial charge in [0.25, 0.3) is 0 Å². The summed E-state index contributed by atoms with van der Waals surface area (Å²) in [6.45, 7) is 0. The number of benzene rings is 1. The van der Waals surface area contributed by atoms with Gasteiger partial charge in [0.05, 0.1) is 19.0 Å². The molecule has 0 spiro atoms. The fourth-order valence-electron chi connectivity index (χ4n) is 1.73. The van der Waals surface area contributed by atoms with E-state index in [4.69, 9.17) is 15.1 Å². The number of carboxylic acid groups (broad SMARTS) is 1. The minimum absolute atomic E-state index is 0.0517. The van der Waals surface area contributed by atoms with Crippen LogP contribution in [-0.4, -0.2) is 23.2 Å². The molecular weight excluding hydrogens is 232 g/mol. The van der Waals surface area contributed by atoms with Crippen molar-refractivity contribution in [1.29, 1.82) is 5.26 Å². The molecule has 2 rings (SSSR count). The SMILES string of the molecule is COc1nc2ccc(CC(=O)O)cc2cc1C#N. The first-order chi connectivity index (χ1) is 8.63. The number of hydrogen-bond acceptors (Lipinski definition) is 4. The lowest BCUT2D eigenvalue weighted by molar-refractivity contribution is -0.136. The van der Waals surface area contributed by atoms with Gasteiger partial charge in [0.15, 0.2) is 0 Å². The van der Waals surface area contributed by atoms with E-state index in [2.05, 4.69) is 4.98 Å². The molecule has 0 radical (unpaired) electrons. The van der Waals surface area contributed by atoms with Crippen molar-refractivity contribution in [2.75, 3.05) is 7.11 Å². The van der Waals surface area contributed by atoms with Gasteiger partial charge < -0.3 is 9.84 Å². The van der Waals surface area contributed by atoms with Gasteiger partial charge in [-0.2, -0.15) is 5.26 Å². The lowest BCUT2D eigenvalue weighted by atomic mass is 10.1. The number of aliphatic carboxylic acids is 1. The number of fused-ring (bicyclic) bond motifs is 1. The van der Waals surface area contributed by atoms with Crippen molar-refractivity contribution in [3.63, 3.8) is 0 Å². The number of methoxy groups -OCH3 is 1. The molecule has 90 valence electrons. The van der Waals surface area contributed by atoms with E-state index in [0.29, 0.717) is 16.6 Å². The fraction of sp³-hybridized carbons (Fsp3) is 0.154. The Labute approximate surface area is 103 Å². The highest BCUT2D eigenvalue weighted by molar-refractivity contribution is 5.83. The van der Waals surface area contributed by atoms with Gasteiger partial charge in [-0.05, 0) is 23.8 Å². The van der Waals surface area contributed by atoms with Crippen molar-refractivity contribution in [3.8, 4) is 11.9 Å². The monoisotopic (exact) mass is 242 g/mol. The predicted octanol–water partition coefficient (Wildman–Crippen LogP) is 1.74. The van der Waals surface area contributed by atoms with E-state index >= 15 is 0 Å². The van der Waals surface area contributed by atoms with E-state index < -0.39 is 5.97 Å². The molecule has 0 aliphatic rings. The molecule has 5 heteroatoms. The number of pyridine rings is 1. The summed E-state index contributed by atoms with van der Waals surface area (Å²) in [4.78, 5) is 14.8. The van der Waals surface area contributed by atoms with Crippen molar-refractivity contribution in [3.05, 3.63) is 35.4 Å². The largest absolute Gasteiger partial charge is 0.481 e. The van der Waals surface area contributed by atoms with Crippen molar-refractivity contribution in [2.24, 2.45) is 0 Å². The van der Waals surface area contributed by atoms with E-state index in [1.807, 2.05) is 6.07 Å². The Hall–Kier alpha value is -2.61. The van der Waals surface area contributed by atoms with E-state index in [0.717, 1.165) is 5.39 Å². The van der Waals surface area contributed by atoms with Gasteiger partial charge in [0, 0.05) is 5.39 Å². The number of rotatable bonds is 3. The summed E-state index contributed by atoms with van der Waals surface area (Å²) in [5.74, 6) is -0.618. The summed E-state index contributed by atoms with van der Waals surface area (Å²) in [5, 5.41) is 18.4. The van der Waals surface area contributed by atoms with Crippen LogP contribution in [0.1, 0.15) is 11.1 Å². The Morgan fingerprint density at radius 2 is 2.28 bits per heavy atom. The number of carbonyl (C=O) groups is 1. The molecule has 0 atom stereocenters. The zero-order valence-corrected chi connectivity index (χ0v) is 9.67. The molecule has 2 aromatic rings. The average molecular weight is 242 g/mol. The molecule has 0 aliphatic carbocycles. The normalized spacial score (nSPS) is 10.0. The van der Waals surface area contributed by atoms with Crippen LogP contribution in [-0.2, 0) is 11.2 Å². The lowest BCUT2D eigenvalue weighted by Crippen LogP contribution is -2.00. The Morgan fingerprint density at radius 3 is 2.89 bits per heavy atom. The second-order valence-corrected chi connectivity index (χ2v) is 3.75. The van der Waals surface area contributed by atoms with E-state index in [-0.39, 0.29) is 12.3 Å². The van der Waals surface area contributed by atoms with Crippen LogP contribution in [0.3, 0.4) is 0 Å². The third kappa shape index (κ3) is 2.23. The van der Waals surface area contributed by atoms with Crippen LogP contribution in [0, 0.1) is 11.3 Å².